The van der Waals surface area contributed by atoms with E-state index in [0.29, 0.717) is 5.02 Å². The van der Waals surface area contributed by atoms with Gasteiger partial charge in [-0.05, 0) is 24.3 Å². The van der Waals surface area contributed by atoms with Gasteiger partial charge >= 0.3 is 0 Å². The van der Waals surface area contributed by atoms with E-state index >= 15 is 0 Å². The molecule has 108 valence electrons. The van der Waals surface area contributed by atoms with Crippen molar-refractivity contribution in [2.75, 3.05) is 7.11 Å². The quantitative estimate of drug-likeness (QED) is 0.848. The van der Waals surface area contributed by atoms with Crippen LogP contribution in [0.4, 0.5) is 0 Å². The van der Waals surface area contributed by atoms with Gasteiger partial charge in [-0.3, -0.25) is 20.4 Å². The lowest BCUT2D eigenvalue weighted by molar-refractivity contribution is 0.0844. The minimum atomic E-state index is -0.541. The number of hydrogen-bond donors (Lipinski definition) is 2. The highest BCUT2D eigenvalue weighted by atomic mass is 35.5. The van der Waals surface area contributed by atoms with Crippen molar-refractivity contribution >= 4 is 23.4 Å². The summed E-state index contributed by atoms with van der Waals surface area (Å²) >= 11 is 5.90. The molecule has 0 spiro atoms. The minimum absolute atomic E-state index is 0.169. The Bertz CT molecular complexity index is 676. The Morgan fingerprint density at radius 3 is 2.33 bits per heavy atom. The summed E-state index contributed by atoms with van der Waals surface area (Å²) in [6.07, 6.45) is 1.50. The molecular formula is C14H12ClN3O3. The summed E-state index contributed by atoms with van der Waals surface area (Å²) in [7, 11) is 1.40. The number of carbonyl (C=O) groups excluding carboxylic acids is 2. The number of nitrogens with one attached hydrogen (secondary N) is 2. The molecule has 0 unspecified atom stereocenters. The number of amides is 2. The van der Waals surface area contributed by atoms with Gasteiger partial charge in [0.25, 0.3) is 11.8 Å². The summed E-state index contributed by atoms with van der Waals surface area (Å²) in [6, 6.07) is 9.64. The molecule has 0 atom stereocenters. The molecule has 2 rings (SSSR count). The van der Waals surface area contributed by atoms with Crippen LogP contribution in [0.3, 0.4) is 0 Å². The number of benzene rings is 1. The third-order valence-electron chi connectivity index (χ3n) is 2.62. The van der Waals surface area contributed by atoms with Crippen molar-refractivity contribution in [3.05, 3.63) is 58.7 Å². The van der Waals surface area contributed by atoms with Crippen LogP contribution in [0.25, 0.3) is 0 Å². The maximum atomic E-state index is 12.0. The van der Waals surface area contributed by atoms with E-state index in [1.54, 1.807) is 30.3 Å². The second-order valence-corrected chi connectivity index (χ2v) is 4.36. The molecule has 1 aromatic carbocycles. The molecule has 1 aromatic heterocycles. The van der Waals surface area contributed by atoms with Gasteiger partial charge in [0, 0.05) is 6.20 Å². The second-order valence-electron chi connectivity index (χ2n) is 3.95. The molecule has 6 nitrogen and oxygen atoms in total. The maximum Gasteiger partial charge on any atom is 0.275 e. The number of rotatable bonds is 3. The lowest BCUT2D eigenvalue weighted by Crippen LogP contribution is -2.41. The summed E-state index contributed by atoms with van der Waals surface area (Å²) in [5, 5.41) is 0.295. The maximum absolute atomic E-state index is 12.0. The van der Waals surface area contributed by atoms with Crippen molar-refractivity contribution in [1.82, 2.24) is 15.8 Å². The van der Waals surface area contributed by atoms with Crippen molar-refractivity contribution in [3.63, 3.8) is 0 Å². The number of hydrogen-bond acceptors (Lipinski definition) is 4. The summed E-state index contributed by atoms with van der Waals surface area (Å²) in [5.41, 5.74) is 5.03. The first kappa shape index (κ1) is 14.8. The van der Waals surface area contributed by atoms with Gasteiger partial charge in [0.15, 0.2) is 0 Å². The molecule has 0 saturated carbocycles. The average molecular weight is 306 g/mol. The zero-order valence-corrected chi connectivity index (χ0v) is 11.8. The Morgan fingerprint density at radius 1 is 1.05 bits per heavy atom. The lowest BCUT2D eigenvalue weighted by atomic mass is 10.2. The highest BCUT2D eigenvalue weighted by Gasteiger charge is 2.15. The Morgan fingerprint density at radius 2 is 1.67 bits per heavy atom. The number of aromatic nitrogens is 1. The Hall–Kier alpha value is -2.60. The third kappa shape index (κ3) is 3.49. The van der Waals surface area contributed by atoms with E-state index in [9.17, 15) is 9.59 Å². The molecule has 0 aliphatic heterocycles. The third-order valence-corrected chi connectivity index (χ3v) is 2.95. The van der Waals surface area contributed by atoms with Crippen molar-refractivity contribution in [3.8, 4) is 5.88 Å². The van der Waals surface area contributed by atoms with Crippen molar-refractivity contribution in [2.45, 2.75) is 0 Å². The molecule has 1 heterocycles. The Balaban J connectivity index is 2.05. The highest BCUT2D eigenvalue weighted by Crippen LogP contribution is 2.15. The van der Waals surface area contributed by atoms with Crippen LogP contribution in [-0.4, -0.2) is 23.9 Å². The minimum Gasteiger partial charge on any atom is -0.480 e. The first-order chi connectivity index (χ1) is 10.1. The van der Waals surface area contributed by atoms with E-state index in [0.717, 1.165) is 0 Å². The monoisotopic (exact) mass is 305 g/mol. The van der Waals surface area contributed by atoms with Gasteiger partial charge in [-0.25, -0.2) is 4.98 Å². The Kier molecular flexibility index (Phi) is 4.73. The molecule has 7 heteroatoms. The van der Waals surface area contributed by atoms with Crippen LogP contribution >= 0.6 is 11.6 Å². The van der Waals surface area contributed by atoms with Crippen molar-refractivity contribution in [1.29, 1.82) is 0 Å². The SMILES string of the molecule is COc1ncccc1C(=O)NNC(=O)c1ccccc1Cl. The Labute approximate surface area is 126 Å². The van der Waals surface area contributed by atoms with E-state index in [-0.39, 0.29) is 17.0 Å². The number of pyridine rings is 1. The number of nitrogens with zero attached hydrogens (tertiary/aromatic N) is 1. The van der Waals surface area contributed by atoms with E-state index in [1.807, 2.05) is 0 Å². The molecule has 0 radical (unpaired) electrons. The number of hydrazine groups is 1. The van der Waals surface area contributed by atoms with Crippen LogP contribution in [0, 0.1) is 0 Å². The van der Waals surface area contributed by atoms with E-state index in [1.165, 1.54) is 19.4 Å². The number of halogens is 1. The van der Waals surface area contributed by atoms with E-state index < -0.39 is 11.8 Å². The van der Waals surface area contributed by atoms with Gasteiger partial charge in [0.05, 0.1) is 17.7 Å². The van der Waals surface area contributed by atoms with Gasteiger partial charge in [-0.1, -0.05) is 23.7 Å². The normalized spacial score (nSPS) is 9.81. The van der Waals surface area contributed by atoms with Gasteiger partial charge in [-0.15, -0.1) is 0 Å². The van der Waals surface area contributed by atoms with Crippen LogP contribution in [0.15, 0.2) is 42.6 Å². The first-order valence-corrected chi connectivity index (χ1v) is 6.35. The predicted octanol–water partition coefficient (Wildman–Crippen LogP) is 1.82. The fourth-order valence-corrected chi connectivity index (χ4v) is 1.84. The second kappa shape index (κ2) is 6.71. The molecule has 0 aliphatic rings. The number of methoxy groups -OCH3 is 1. The van der Waals surface area contributed by atoms with Crippen molar-refractivity contribution < 1.29 is 14.3 Å². The topological polar surface area (TPSA) is 80.3 Å². The van der Waals surface area contributed by atoms with Crippen molar-refractivity contribution in [2.24, 2.45) is 0 Å². The fraction of sp³-hybridized carbons (Fsp3) is 0.0714. The van der Waals surface area contributed by atoms with E-state index in [2.05, 4.69) is 15.8 Å². The predicted molar refractivity (Wildman–Crippen MR) is 77.2 cm³/mol. The van der Waals surface area contributed by atoms with Gasteiger partial charge in [-0.2, -0.15) is 0 Å². The molecule has 2 amide bonds. The van der Waals surface area contributed by atoms with Gasteiger partial charge in [0.2, 0.25) is 5.88 Å². The van der Waals surface area contributed by atoms with Gasteiger partial charge in [0.1, 0.15) is 5.56 Å². The van der Waals surface area contributed by atoms with Gasteiger partial charge < -0.3 is 4.74 Å². The molecule has 0 bridgehead atoms. The van der Waals surface area contributed by atoms with Crippen LogP contribution in [0.2, 0.25) is 5.02 Å². The zero-order valence-electron chi connectivity index (χ0n) is 11.1. The summed E-state index contributed by atoms with van der Waals surface area (Å²) in [6.45, 7) is 0. The molecule has 0 aliphatic carbocycles. The van der Waals surface area contributed by atoms with Crippen LogP contribution in [0.5, 0.6) is 5.88 Å². The fourth-order valence-electron chi connectivity index (χ4n) is 1.62. The average Bonchev–Trinajstić information content (AvgIpc) is 2.52. The smallest absolute Gasteiger partial charge is 0.275 e. The molecular weight excluding hydrogens is 294 g/mol. The van der Waals surface area contributed by atoms with E-state index in [4.69, 9.17) is 16.3 Å². The summed E-state index contributed by atoms with van der Waals surface area (Å²) in [5.74, 6) is -0.890. The number of ether oxygens (including phenoxy) is 1. The number of carbonyl (C=O) groups is 2. The largest absolute Gasteiger partial charge is 0.480 e. The highest BCUT2D eigenvalue weighted by molar-refractivity contribution is 6.33. The van der Waals surface area contributed by atoms with Crippen LogP contribution in [-0.2, 0) is 0 Å². The molecule has 0 saturated heterocycles. The first-order valence-electron chi connectivity index (χ1n) is 5.97. The van der Waals surface area contributed by atoms with Crippen LogP contribution < -0.4 is 15.6 Å². The summed E-state index contributed by atoms with van der Waals surface area (Å²) < 4.78 is 4.97. The molecule has 2 aromatic rings. The standard InChI is InChI=1S/C14H12ClN3O3/c1-21-14-10(6-4-8-16-14)13(20)18-17-12(19)9-5-2-3-7-11(9)15/h2-8H,1H3,(H,17,19)(H,18,20). The zero-order chi connectivity index (χ0) is 15.2. The molecule has 2 N–H and O–H groups in total. The lowest BCUT2D eigenvalue weighted by Gasteiger charge is -2.10. The molecule has 21 heavy (non-hydrogen) atoms. The molecule has 0 fully saturated rings. The van der Waals surface area contributed by atoms with Crippen LogP contribution in [0.1, 0.15) is 20.7 Å². The summed E-state index contributed by atoms with van der Waals surface area (Å²) in [4.78, 5) is 27.8.